The first-order chi connectivity index (χ1) is 9.97. The van der Waals surface area contributed by atoms with Gasteiger partial charge in [-0.1, -0.05) is 41.0 Å². The lowest BCUT2D eigenvalue weighted by molar-refractivity contribution is -0.128. The van der Waals surface area contributed by atoms with Crippen LogP contribution in [0.5, 0.6) is 0 Å². The number of carbonyl (C=O) groups excluding carboxylic acids is 2. The first-order valence-electron chi connectivity index (χ1n) is 7.49. The predicted molar refractivity (Wildman–Crippen MR) is 83.8 cm³/mol. The molecule has 3 rings (SSSR count). The highest BCUT2D eigenvalue weighted by Crippen LogP contribution is 2.41. The predicted octanol–water partition coefficient (Wildman–Crippen LogP) is 3.89. The van der Waals surface area contributed by atoms with Crippen molar-refractivity contribution >= 4 is 17.1 Å². The summed E-state index contributed by atoms with van der Waals surface area (Å²) in [5, 5.41) is 0. The minimum atomic E-state index is -0.164. The van der Waals surface area contributed by atoms with Crippen molar-refractivity contribution in [1.29, 1.82) is 0 Å². The van der Waals surface area contributed by atoms with E-state index in [-0.39, 0.29) is 23.4 Å². The summed E-state index contributed by atoms with van der Waals surface area (Å²) in [5.41, 5.74) is 5.14. The molecule has 0 spiro atoms. The molecule has 2 aliphatic rings. The maximum absolute atomic E-state index is 12.8. The normalized spacial score (nSPS) is 25.8. The average molecular weight is 280 g/mol. The molecule has 1 aromatic carbocycles. The van der Waals surface area contributed by atoms with Crippen molar-refractivity contribution in [1.82, 2.24) is 0 Å². The number of hydrogen-bond donors (Lipinski definition) is 0. The first-order valence-corrected chi connectivity index (χ1v) is 7.49. The monoisotopic (exact) mass is 280 g/mol. The smallest absolute Gasteiger partial charge is 0.167 e. The molecule has 0 N–H and O–H groups in total. The van der Waals surface area contributed by atoms with Crippen LogP contribution in [-0.4, -0.2) is 11.6 Å². The first kappa shape index (κ1) is 14.0. The van der Waals surface area contributed by atoms with E-state index in [0.29, 0.717) is 5.57 Å². The Morgan fingerprint density at radius 2 is 1.43 bits per heavy atom. The lowest BCUT2D eigenvalue weighted by Gasteiger charge is -2.34. The molecule has 0 bridgehead atoms. The maximum atomic E-state index is 12.8. The van der Waals surface area contributed by atoms with Crippen molar-refractivity contribution in [3.8, 4) is 0 Å². The molecule has 0 aromatic heterocycles. The van der Waals surface area contributed by atoms with Gasteiger partial charge in [-0.15, -0.1) is 0 Å². The van der Waals surface area contributed by atoms with Crippen LogP contribution in [0.3, 0.4) is 0 Å². The second-order valence-electron chi connectivity index (χ2n) is 6.37. The van der Waals surface area contributed by atoms with E-state index in [1.807, 2.05) is 31.2 Å². The Bertz CT molecular complexity index is 674. The van der Waals surface area contributed by atoms with E-state index in [2.05, 4.69) is 13.8 Å². The molecule has 108 valence electrons. The standard InChI is InChI=1S/C19H20O2/c1-11-4-6-14(7-5-11)15-10-18(20)16-8-12(2)13(3)9-17(16)19(15)21/h4-7,10,16-17H,8-9H2,1-3H3/t16-,17-/m0/s1. The third kappa shape index (κ3) is 2.39. The second kappa shape index (κ2) is 5.10. The number of allylic oxidation sites excluding steroid dienone is 4. The van der Waals surface area contributed by atoms with E-state index in [4.69, 9.17) is 0 Å². The third-order valence-corrected chi connectivity index (χ3v) is 4.88. The van der Waals surface area contributed by atoms with E-state index in [9.17, 15) is 9.59 Å². The number of fused-ring (bicyclic) bond motifs is 1. The van der Waals surface area contributed by atoms with Crippen LogP contribution in [0, 0.1) is 18.8 Å². The lowest BCUT2D eigenvalue weighted by Crippen LogP contribution is -2.36. The van der Waals surface area contributed by atoms with Crippen molar-refractivity contribution < 1.29 is 9.59 Å². The number of Topliss-reactive ketones (excluding diaryl/α,β-unsaturated/α-hetero) is 1. The van der Waals surface area contributed by atoms with Crippen LogP contribution in [0.25, 0.3) is 5.57 Å². The zero-order valence-electron chi connectivity index (χ0n) is 12.8. The Balaban J connectivity index is 1.99. The van der Waals surface area contributed by atoms with E-state index < -0.39 is 0 Å². The van der Waals surface area contributed by atoms with Gasteiger partial charge in [0, 0.05) is 17.4 Å². The van der Waals surface area contributed by atoms with Gasteiger partial charge in [-0.05, 0) is 45.3 Å². The summed E-state index contributed by atoms with van der Waals surface area (Å²) in [5.74, 6) is -0.0600. The molecule has 2 aliphatic carbocycles. The van der Waals surface area contributed by atoms with Gasteiger partial charge in [0.05, 0.1) is 0 Å². The molecule has 0 unspecified atom stereocenters. The molecule has 0 amide bonds. The molecular weight excluding hydrogens is 260 g/mol. The fourth-order valence-electron chi connectivity index (χ4n) is 3.35. The largest absolute Gasteiger partial charge is 0.294 e. The summed E-state index contributed by atoms with van der Waals surface area (Å²) in [7, 11) is 0. The van der Waals surface area contributed by atoms with Crippen LogP contribution in [0.15, 0.2) is 41.5 Å². The third-order valence-electron chi connectivity index (χ3n) is 4.88. The number of benzene rings is 1. The number of rotatable bonds is 1. The van der Waals surface area contributed by atoms with E-state index in [1.165, 1.54) is 11.1 Å². The van der Waals surface area contributed by atoms with Gasteiger partial charge in [0.1, 0.15) is 0 Å². The zero-order chi connectivity index (χ0) is 15.1. The molecule has 0 saturated carbocycles. The summed E-state index contributed by atoms with van der Waals surface area (Å²) in [6.45, 7) is 6.16. The molecule has 0 saturated heterocycles. The second-order valence-corrected chi connectivity index (χ2v) is 6.37. The number of aryl methyl sites for hydroxylation is 1. The molecule has 2 nitrogen and oxygen atoms in total. The molecule has 2 heteroatoms. The van der Waals surface area contributed by atoms with Gasteiger partial charge in [-0.25, -0.2) is 0 Å². The van der Waals surface area contributed by atoms with E-state index in [1.54, 1.807) is 6.08 Å². The Morgan fingerprint density at radius 1 is 0.857 bits per heavy atom. The number of carbonyl (C=O) groups is 2. The molecule has 0 heterocycles. The van der Waals surface area contributed by atoms with Crippen molar-refractivity contribution in [2.75, 3.05) is 0 Å². The zero-order valence-corrected chi connectivity index (χ0v) is 12.8. The molecule has 0 radical (unpaired) electrons. The van der Waals surface area contributed by atoms with Gasteiger partial charge in [-0.3, -0.25) is 9.59 Å². The summed E-state index contributed by atoms with van der Waals surface area (Å²) in [4.78, 5) is 25.2. The fourth-order valence-corrected chi connectivity index (χ4v) is 3.35. The van der Waals surface area contributed by atoms with E-state index >= 15 is 0 Å². The van der Waals surface area contributed by atoms with Gasteiger partial charge in [0.2, 0.25) is 0 Å². The average Bonchev–Trinajstić information content (AvgIpc) is 2.46. The highest BCUT2D eigenvalue weighted by molar-refractivity contribution is 6.29. The van der Waals surface area contributed by atoms with Gasteiger partial charge < -0.3 is 0 Å². The van der Waals surface area contributed by atoms with Crippen LogP contribution in [0.2, 0.25) is 0 Å². The lowest BCUT2D eigenvalue weighted by atomic mass is 9.67. The molecule has 2 atom stereocenters. The Morgan fingerprint density at radius 3 is 2.05 bits per heavy atom. The van der Waals surface area contributed by atoms with Gasteiger partial charge >= 0.3 is 0 Å². The van der Waals surface area contributed by atoms with Crippen molar-refractivity contribution in [3.05, 3.63) is 52.6 Å². The van der Waals surface area contributed by atoms with Gasteiger partial charge in [0.25, 0.3) is 0 Å². The van der Waals surface area contributed by atoms with Crippen LogP contribution in [0.4, 0.5) is 0 Å². The van der Waals surface area contributed by atoms with Crippen molar-refractivity contribution in [2.45, 2.75) is 33.6 Å². The molecule has 0 fully saturated rings. The minimum absolute atomic E-state index is 0.113. The van der Waals surface area contributed by atoms with E-state index in [0.717, 1.165) is 24.0 Å². The summed E-state index contributed by atoms with van der Waals surface area (Å²) in [6, 6.07) is 7.83. The summed E-state index contributed by atoms with van der Waals surface area (Å²) < 4.78 is 0. The molecule has 1 aromatic rings. The Hall–Kier alpha value is -1.96. The van der Waals surface area contributed by atoms with Crippen LogP contribution in [0.1, 0.15) is 37.8 Å². The topological polar surface area (TPSA) is 34.1 Å². The molecule has 21 heavy (non-hydrogen) atoms. The van der Waals surface area contributed by atoms with Gasteiger partial charge in [-0.2, -0.15) is 0 Å². The Kier molecular flexibility index (Phi) is 3.40. The van der Waals surface area contributed by atoms with Crippen molar-refractivity contribution in [3.63, 3.8) is 0 Å². The van der Waals surface area contributed by atoms with Crippen LogP contribution < -0.4 is 0 Å². The summed E-state index contributed by atoms with van der Waals surface area (Å²) in [6.07, 6.45) is 3.03. The summed E-state index contributed by atoms with van der Waals surface area (Å²) >= 11 is 0. The molecule has 0 aliphatic heterocycles. The SMILES string of the molecule is CC1=C(C)C[C@@H]2C(=O)C(c3ccc(C)cc3)=CC(=O)[C@H]2C1. The number of hydrogen-bond acceptors (Lipinski definition) is 2. The molecular formula is C19H20O2. The highest BCUT2D eigenvalue weighted by atomic mass is 16.1. The van der Waals surface area contributed by atoms with Crippen molar-refractivity contribution in [2.24, 2.45) is 11.8 Å². The maximum Gasteiger partial charge on any atom is 0.167 e. The van der Waals surface area contributed by atoms with Crippen LogP contribution >= 0.6 is 0 Å². The minimum Gasteiger partial charge on any atom is -0.294 e. The fraction of sp³-hybridized carbons (Fsp3) is 0.368. The van der Waals surface area contributed by atoms with Gasteiger partial charge in [0.15, 0.2) is 11.6 Å². The highest BCUT2D eigenvalue weighted by Gasteiger charge is 2.41. The Labute approximate surface area is 125 Å². The quantitative estimate of drug-likeness (QED) is 0.731. The van der Waals surface area contributed by atoms with Crippen LogP contribution in [-0.2, 0) is 9.59 Å². The number of ketones is 2.